The van der Waals surface area contributed by atoms with Crippen LogP contribution in [-0.2, 0) is 14.8 Å². The van der Waals surface area contributed by atoms with Gasteiger partial charge in [-0.2, -0.15) is 4.31 Å². The summed E-state index contributed by atoms with van der Waals surface area (Å²) in [4.78, 5) is 23.8. The molecule has 3 rings (SSSR count). The predicted octanol–water partition coefficient (Wildman–Crippen LogP) is 3.52. The van der Waals surface area contributed by atoms with Crippen LogP contribution in [0.3, 0.4) is 0 Å². The molecule has 2 amide bonds. The summed E-state index contributed by atoms with van der Waals surface area (Å²) in [6.07, 6.45) is 3.83. The van der Waals surface area contributed by atoms with Crippen LogP contribution in [0.2, 0.25) is 0 Å². The Bertz CT molecular complexity index is 944. The average Bonchev–Trinajstić information content (AvgIpc) is 2.99. The number of nitrogens with zero attached hydrogens (tertiary/aromatic N) is 1. The molecule has 150 valence electrons. The van der Waals surface area contributed by atoms with E-state index in [1.165, 1.54) is 23.4 Å². The first-order valence-corrected chi connectivity index (χ1v) is 11.4. The van der Waals surface area contributed by atoms with Crippen molar-refractivity contribution < 1.29 is 18.0 Å². The lowest BCUT2D eigenvalue weighted by atomic mass is 10.2. The van der Waals surface area contributed by atoms with E-state index in [0.717, 1.165) is 37.0 Å². The summed E-state index contributed by atoms with van der Waals surface area (Å²) >= 11 is 0.981. The molecule has 0 aliphatic carbocycles. The molecule has 0 atom stereocenters. The van der Waals surface area contributed by atoms with Gasteiger partial charge in [0.25, 0.3) is 15.9 Å². The zero-order valence-electron chi connectivity index (χ0n) is 15.6. The van der Waals surface area contributed by atoms with E-state index in [2.05, 4.69) is 10.6 Å². The van der Waals surface area contributed by atoms with Gasteiger partial charge in [0, 0.05) is 31.4 Å². The van der Waals surface area contributed by atoms with Crippen molar-refractivity contribution in [1.82, 2.24) is 4.31 Å². The molecular weight excluding hydrogens is 398 g/mol. The van der Waals surface area contributed by atoms with E-state index in [9.17, 15) is 18.0 Å². The second-order valence-electron chi connectivity index (χ2n) is 6.65. The highest BCUT2D eigenvalue weighted by molar-refractivity contribution is 7.91. The van der Waals surface area contributed by atoms with Crippen LogP contribution in [0, 0.1) is 0 Å². The van der Waals surface area contributed by atoms with Gasteiger partial charge in [-0.15, -0.1) is 11.3 Å². The van der Waals surface area contributed by atoms with Crippen molar-refractivity contribution in [3.8, 4) is 0 Å². The molecule has 0 radical (unpaired) electrons. The van der Waals surface area contributed by atoms with Crippen molar-refractivity contribution in [2.45, 2.75) is 36.8 Å². The highest BCUT2D eigenvalue weighted by Crippen LogP contribution is 2.27. The fraction of sp³-hybridized carbons (Fsp3) is 0.368. The van der Waals surface area contributed by atoms with Gasteiger partial charge in [-0.1, -0.05) is 12.8 Å². The van der Waals surface area contributed by atoms with Crippen molar-refractivity contribution in [1.29, 1.82) is 0 Å². The molecule has 2 N–H and O–H groups in total. The number of amides is 2. The molecule has 2 heterocycles. The summed E-state index contributed by atoms with van der Waals surface area (Å²) in [6, 6.07) is 9.74. The highest BCUT2D eigenvalue weighted by Gasteiger charge is 2.27. The van der Waals surface area contributed by atoms with Crippen LogP contribution < -0.4 is 10.6 Å². The lowest BCUT2D eigenvalue weighted by Gasteiger charge is -2.18. The zero-order valence-corrected chi connectivity index (χ0v) is 17.2. The van der Waals surface area contributed by atoms with Gasteiger partial charge in [0.15, 0.2) is 0 Å². The van der Waals surface area contributed by atoms with Crippen LogP contribution in [0.4, 0.5) is 11.4 Å². The van der Waals surface area contributed by atoms with Crippen molar-refractivity contribution in [2.24, 2.45) is 0 Å². The highest BCUT2D eigenvalue weighted by atomic mass is 32.2. The number of benzene rings is 1. The van der Waals surface area contributed by atoms with Crippen LogP contribution in [0.25, 0.3) is 0 Å². The molecule has 1 aliphatic heterocycles. The molecule has 7 nitrogen and oxygen atoms in total. The average molecular weight is 422 g/mol. The Kier molecular flexibility index (Phi) is 6.48. The van der Waals surface area contributed by atoms with Crippen LogP contribution in [0.15, 0.2) is 40.6 Å². The van der Waals surface area contributed by atoms with Crippen LogP contribution in [0.5, 0.6) is 0 Å². The van der Waals surface area contributed by atoms with Crippen molar-refractivity contribution in [2.75, 3.05) is 23.7 Å². The summed E-state index contributed by atoms with van der Waals surface area (Å²) < 4.78 is 27.4. The molecule has 1 saturated heterocycles. The summed E-state index contributed by atoms with van der Waals surface area (Å²) in [5.74, 6) is -0.539. The maximum atomic E-state index is 12.8. The van der Waals surface area contributed by atoms with Gasteiger partial charge in [-0.05, 0) is 49.2 Å². The SMILES string of the molecule is CC(=O)Nc1ccc(NC(=O)c2ccc(S(=O)(=O)N3CCCCCC3)s2)cc1. The van der Waals surface area contributed by atoms with Gasteiger partial charge < -0.3 is 10.6 Å². The minimum absolute atomic E-state index is 0.173. The first kappa shape index (κ1) is 20.5. The molecule has 1 aliphatic rings. The Morgan fingerprint density at radius 3 is 2.04 bits per heavy atom. The topological polar surface area (TPSA) is 95.6 Å². The minimum atomic E-state index is -3.56. The van der Waals surface area contributed by atoms with Crippen LogP contribution >= 0.6 is 11.3 Å². The fourth-order valence-corrected chi connectivity index (χ4v) is 5.90. The number of sulfonamides is 1. The van der Waals surface area contributed by atoms with Gasteiger partial charge >= 0.3 is 0 Å². The van der Waals surface area contributed by atoms with E-state index < -0.39 is 10.0 Å². The van der Waals surface area contributed by atoms with E-state index in [1.54, 1.807) is 24.3 Å². The second kappa shape index (κ2) is 8.85. The Balaban J connectivity index is 1.69. The number of anilines is 2. The summed E-state index contributed by atoms with van der Waals surface area (Å²) in [7, 11) is -3.56. The largest absolute Gasteiger partial charge is 0.326 e. The molecule has 0 saturated carbocycles. The Morgan fingerprint density at radius 1 is 0.893 bits per heavy atom. The van der Waals surface area contributed by atoms with Gasteiger partial charge in [-0.25, -0.2) is 8.42 Å². The van der Waals surface area contributed by atoms with Gasteiger partial charge in [0.05, 0.1) is 4.88 Å². The Hall–Kier alpha value is -2.23. The second-order valence-corrected chi connectivity index (χ2v) is 9.90. The third-order valence-electron chi connectivity index (χ3n) is 4.43. The van der Waals surface area contributed by atoms with Crippen LogP contribution in [0.1, 0.15) is 42.3 Å². The third kappa shape index (κ3) is 4.98. The van der Waals surface area contributed by atoms with Crippen molar-refractivity contribution in [3.63, 3.8) is 0 Å². The van der Waals surface area contributed by atoms with Gasteiger partial charge in [-0.3, -0.25) is 9.59 Å². The number of carbonyl (C=O) groups excluding carboxylic acids is 2. The number of carbonyl (C=O) groups is 2. The molecule has 0 spiro atoms. The van der Waals surface area contributed by atoms with Crippen LogP contribution in [-0.4, -0.2) is 37.6 Å². The first-order valence-electron chi connectivity index (χ1n) is 9.15. The maximum absolute atomic E-state index is 12.8. The zero-order chi connectivity index (χ0) is 20.1. The smallest absolute Gasteiger partial charge is 0.265 e. The van der Waals surface area contributed by atoms with Gasteiger partial charge in [0.2, 0.25) is 5.91 Å². The number of hydrogen-bond donors (Lipinski definition) is 2. The molecule has 0 unspecified atom stereocenters. The Morgan fingerprint density at radius 2 is 1.46 bits per heavy atom. The van der Waals surface area contributed by atoms with E-state index in [-0.39, 0.29) is 16.0 Å². The third-order valence-corrected chi connectivity index (χ3v) is 7.88. The number of nitrogens with one attached hydrogen (secondary N) is 2. The summed E-state index contributed by atoms with van der Waals surface area (Å²) in [5, 5.41) is 5.40. The normalized spacial score (nSPS) is 15.6. The molecule has 1 aromatic carbocycles. The van der Waals surface area contributed by atoms with Crippen molar-refractivity contribution in [3.05, 3.63) is 41.3 Å². The fourth-order valence-electron chi connectivity index (χ4n) is 3.02. The lowest BCUT2D eigenvalue weighted by molar-refractivity contribution is -0.114. The Labute approximate surface area is 168 Å². The standard InChI is InChI=1S/C19H23N3O4S2/c1-14(23)20-15-6-8-16(9-7-15)21-19(24)17-10-11-18(27-17)28(25,26)22-12-4-2-3-5-13-22/h6-11H,2-5,12-13H2,1H3,(H,20,23)(H,21,24). The molecule has 1 aromatic heterocycles. The first-order chi connectivity index (χ1) is 13.4. The molecular formula is C19H23N3O4S2. The molecule has 0 bridgehead atoms. The van der Waals surface area contributed by atoms with E-state index in [1.807, 2.05) is 0 Å². The molecule has 28 heavy (non-hydrogen) atoms. The molecule has 1 fully saturated rings. The van der Waals surface area contributed by atoms with Gasteiger partial charge in [0.1, 0.15) is 4.21 Å². The minimum Gasteiger partial charge on any atom is -0.326 e. The number of thiophene rings is 1. The molecule has 2 aromatic rings. The summed E-state index contributed by atoms with van der Waals surface area (Å²) in [6.45, 7) is 2.48. The van der Waals surface area contributed by atoms with E-state index in [0.29, 0.717) is 29.3 Å². The monoisotopic (exact) mass is 421 g/mol. The molecule has 9 heteroatoms. The van der Waals surface area contributed by atoms with E-state index >= 15 is 0 Å². The number of hydrogen-bond acceptors (Lipinski definition) is 5. The predicted molar refractivity (Wildman–Crippen MR) is 110 cm³/mol. The quantitative estimate of drug-likeness (QED) is 0.772. The number of rotatable bonds is 5. The lowest BCUT2D eigenvalue weighted by Crippen LogP contribution is -2.31. The summed E-state index contributed by atoms with van der Waals surface area (Å²) in [5.41, 5.74) is 1.19. The maximum Gasteiger partial charge on any atom is 0.265 e. The van der Waals surface area contributed by atoms with E-state index in [4.69, 9.17) is 0 Å². The van der Waals surface area contributed by atoms with Crippen molar-refractivity contribution >= 4 is 44.5 Å².